The van der Waals surface area contributed by atoms with E-state index in [1.165, 1.54) is 18.2 Å². The van der Waals surface area contributed by atoms with Crippen molar-refractivity contribution in [3.8, 4) is 5.75 Å². The van der Waals surface area contributed by atoms with Gasteiger partial charge in [0.15, 0.2) is 0 Å². The summed E-state index contributed by atoms with van der Waals surface area (Å²) in [5.41, 5.74) is 0. The van der Waals surface area contributed by atoms with Gasteiger partial charge in [-0.05, 0) is 25.1 Å². The van der Waals surface area contributed by atoms with Gasteiger partial charge in [0.25, 0.3) is 0 Å². The fourth-order valence-corrected chi connectivity index (χ4v) is 1.64. The SMILES string of the molecule is Fc1ccc(Cl)c(O[C@H]2CCNC2)c1. The van der Waals surface area contributed by atoms with Crippen LogP contribution in [-0.4, -0.2) is 19.2 Å². The molecular weight excluding hydrogens is 205 g/mol. The fraction of sp³-hybridized carbons (Fsp3) is 0.400. The summed E-state index contributed by atoms with van der Waals surface area (Å²) in [6, 6.07) is 4.15. The summed E-state index contributed by atoms with van der Waals surface area (Å²) < 4.78 is 18.4. The Hall–Kier alpha value is -0.800. The Morgan fingerprint density at radius 3 is 3.07 bits per heavy atom. The Labute approximate surface area is 87.0 Å². The molecule has 1 aliphatic rings. The van der Waals surface area contributed by atoms with Crippen LogP contribution in [0.1, 0.15) is 6.42 Å². The maximum absolute atomic E-state index is 12.9. The number of nitrogens with one attached hydrogen (secondary N) is 1. The molecule has 2 nitrogen and oxygen atoms in total. The quantitative estimate of drug-likeness (QED) is 0.817. The van der Waals surface area contributed by atoms with Crippen LogP contribution in [0.4, 0.5) is 4.39 Å². The van der Waals surface area contributed by atoms with Crippen LogP contribution in [0.15, 0.2) is 18.2 Å². The summed E-state index contributed by atoms with van der Waals surface area (Å²) >= 11 is 5.86. The minimum absolute atomic E-state index is 0.106. The maximum atomic E-state index is 12.9. The zero-order valence-electron chi connectivity index (χ0n) is 7.59. The minimum Gasteiger partial charge on any atom is -0.487 e. The molecule has 0 saturated carbocycles. The molecule has 0 aliphatic carbocycles. The van der Waals surface area contributed by atoms with Gasteiger partial charge in [-0.2, -0.15) is 0 Å². The van der Waals surface area contributed by atoms with E-state index in [1.807, 2.05) is 0 Å². The van der Waals surface area contributed by atoms with E-state index in [9.17, 15) is 4.39 Å². The number of ether oxygens (including phenoxy) is 1. The van der Waals surface area contributed by atoms with Gasteiger partial charge in [0.2, 0.25) is 0 Å². The molecule has 1 aromatic carbocycles. The van der Waals surface area contributed by atoms with Crippen LogP contribution in [0.2, 0.25) is 5.02 Å². The average molecular weight is 216 g/mol. The maximum Gasteiger partial charge on any atom is 0.141 e. The van der Waals surface area contributed by atoms with Gasteiger partial charge in [-0.1, -0.05) is 11.6 Å². The third-order valence-corrected chi connectivity index (χ3v) is 2.51. The molecule has 1 fully saturated rings. The van der Waals surface area contributed by atoms with E-state index in [4.69, 9.17) is 16.3 Å². The van der Waals surface area contributed by atoms with Crippen LogP contribution >= 0.6 is 11.6 Å². The highest BCUT2D eigenvalue weighted by Crippen LogP contribution is 2.26. The molecule has 2 rings (SSSR count). The molecule has 1 saturated heterocycles. The molecule has 1 aliphatic heterocycles. The first-order chi connectivity index (χ1) is 6.75. The summed E-state index contributed by atoms with van der Waals surface area (Å²) in [6.07, 6.45) is 1.04. The van der Waals surface area contributed by atoms with Crippen LogP contribution in [0.25, 0.3) is 0 Å². The lowest BCUT2D eigenvalue weighted by Crippen LogP contribution is -2.19. The second kappa shape index (κ2) is 4.15. The second-order valence-corrected chi connectivity index (χ2v) is 3.71. The fourth-order valence-electron chi connectivity index (χ4n) is 1.48. The van der Waals surface area contributed by atoms with Crippen LogP contribution in [0, 0.1) is 5.82 Å². The second-order valence-electron chi connectivity index (χ2n) is 3.31. The zero-order valence-corrected chi connectivity index (χ0v) is 8.35. The Morgan fingerprint density at radius 1 is 1.50 bits per heavy atom. The Morgan fingerprint density at radius 2 is 2.36 bits per heavy atom. The molecule has 1 N–H and O–H groups in total. The van der Waals surface area contributed by atoms with Crippen LogP contribution < -0.4 is 10.1 Å². The van der Waals surface area contributed by atoms with E-state index in [-0.39, 0.29) is 11.9 Å². The number of rotatable bonds is 2. The van der Waals surface area contributed by atoms with Crippen molar-refractivity contribution in [2.24, 2.45) is 0 Å². The predicted octanol–water partition coefficient (Wildman–Crippen LogP) is 2.22. The number of hydrogen-bond donors (Lipinski definition) is 1. The minimum atomic E-state index is -0.324. The van der Waals surface area contributed by atoms with Crippen molar-refractivity contribution < 1.29 is 9.13 Å². The number of benzene rings is 1. The first kappa shape index (κ1) is 9.74. The largest absolute Gasteiger partial charge is 0.487 e. The molecule has 0 unspecified atom stereocenters. The average Bonchev–Trinajstić information content (AvgIpc) is 2.64. The first-order valence-corrected chi connectivity index (χ1v) is 4.96. The first-order valence-electron chi connectivity index (χ1n) is 4.58. The molecule has 1 heterocycles. The third kappa shape index (κ3) is 2.16. The predicted molar refractivity (Wildman–Crippen MR) is 53.3 cm³/mol. The molecule has 4 heteroatoms. The Balaban J connectivity index is 2.10. The van der Waals surface area contributed by atoms with Gasteiger partial charge < -0.3 is 10.1 Å². The van der Waals surface area contributed by atoms with E-state index in [0.717, 1.165) is 19.5 Å². The van der Waals surface area contributed by atoms with Gasteiger partial charge in [-0.3, -0.25) is 0 Å². The highest BCUT2D eigenvalue weighted by Gasteiger charge is 2.17. The molecule has 76 valence electrons. The van der Waals surface area contributed by atoms with Gasteiger partial charge >= 0.3 is 0 Å². The van der Waals surface area contributed by atoms with Crippen LogP contribution in [-0.2, 0) is 0 Å². The van der Waals surface area contributed by atoms with Crippen molar-refractivity contribution in [1.82, 2.24) is 5.32 Å². The summed E-state index contributed by atoms with van der Waals surface area (Å²) in [5.74, 6) is 0.107. The number of hydrogen-bond acceptors (Lipinski definition) is 2. The molecule has 0 bridgehead atoms. The number of halogens is 2. The molecule has 1 aromatic rings. The van der Waals surface area contributed by atoms with Crippen molar-refractivity contribution in [3.05, 3.63) is 29.0 Å². The summed E-state index contributed by atoms with van der Waals surface area (Å²) in [4.78, 5) is 0. The Kier molecular flexibility index (Phi) is 2.89. The Bertz CT molecular complexity index is 326. The summed E-state index contributed by atoms with van der Waals surface area (Å²) in [6.45, 7) is 1.74. The van der Waals surface area contributed by atoms with Crippen molar-refractivity contribution in [1.29, 1.82) is 0 Å². The molecule has 0 amide bonds. The van der Waals surface area contributed by atoms with E-state index >= 15 is 0 Å². The van der Waals surface area contributed by atoms with E-state index in [0.29, 0.717) is 10.8 Å². The lowest BCUT2D eigenvalue weighted by molar-refractivity contribution is 0.222. The van der Waals surface area contributed by atoms with E-state index in [2.05, 4.69) is 5.32 Å². The van der Waals surface area contributed by atoms with E-state index in [1.54, 1.807) is 0 Å². The lowest BCUT2D eigenvalue weighted by Gasteiger charge is -2.13. The molecule has 1 atom stereocenters. The van der Waals surface area contributed by atoms with Crippen molar-refractivity contribution in [2.75, 3.05) is 13.1 Å². The normalized spacial score (nSPS) is 21.1. The van der Waals surface area contributed by atoms with Crippen LogP contribution in [0.3, 0.4) is 0 Å². The molecule has 0 spiro atoms. The van der Waals surface area contributed by atoms with Crippen molar-refractivity contribution in [2.45, 2.75) is 12.5 Å². The van der Waals surface area contributed by atoms with Gasteiger partial charge in [0.1, 0.15) is 17.7 Å². The molecule has 0 aromatic heterocycles. The van der Waals surface area contributed by atoms with E-state index < -0.39 is 0 Å². The summed E-state index contributed by atoms with van der Waals surface area (Å²) in [5, 5.41) is 3.62. The molecule has 14 heavy (non-hydrogen) atoms. The van der Waals surface area contributed by atoms with Gasteiger partial charge in [-0.15, -0.1) is 0 Å². The molecule has 0 radical (unpaired) electrons. The monoisotopic (exact) mass is 215 g/mol. The topological polar surface area (TPSA) is 21.3 Å². The highest BCUT2D eigenvalue weighted by atomic mass is 35.5. The van der Waals surface area contributed by atoms with Gasteiger partial charge in [0, 0.05) is 12.6 Å². The van der Waals surface area contributed by atoms with Gasteiger partial charge in [0.05, 0.1) is 5.02 Å². The van der Waals surface area contributed by atoms with Crippen molar-refractivity contribution >= 4 is 11.6 Å². The smallest absolute Gasteiger partial charge is 0.141 e. The third-order valence-electron chi connectivity index (χ3n) is 2.20. The zero-order chi connectivity index (χ0) is 9.97. The van der Waals surface area contributed by atoms with Crippen molar-refractivity contribution in [3.63, 3.8) is 0 Å². The summed E-state index contributed by atoms with van der Waals surface area (Å²) in [7, 11) is 0. The molecular formula is C10H11ClFNO. The standard InChI is InChI=1S/C10H11ClFNO/c11-9-2-1-7(12)5-10(9)14-8-3-4-13-6-8/h1-2,5,8,13H,3-4,6H2/t8-/m0/s1. The lowest BCUT2D eigenvalue weighted by atomic mass is 10.3. The highest BCUT2D eigenvalue weighted by molar-refractivity contribution is 6.32. The van der Waals surface area contributed by atoms with Gasteiger partial charge in [-0.25, -0.2) is 4.39 Å². The van der Waals surface area contributed by atoms with Crippen LogP contribution in [0.5, 0.6) is 5.75 Å².